The fourth-order valence-corrected chi connectivity index (χ4v) is 3.14. The van der Waals surface area contributed by atoms with E-state index in [0.29, 0.717) is 17.3 Å². The average molecular weight is 426 g/mol. The van der Waals surface area contributed by atoms with Crippen LogP contribution in [0.5, 0.6) is 0 Å². The van der Waals surface area contributed by atoms with Crippen LogP contribution < -0.4 is 4.90 Å². The van der Waals surface area contributed by atoms with E-state index in [1.807, 2.05) is 0 Å². The number of furan rings is 1. The number of aromatic carboxylic acids is 1. The molecule has 1 amide bonds. The summed E-state index contributed by atoms with van der Waals surface area (Å²) in [5, 5.41) is 9.67. The van der Waals surface area contributed by atoms with Crippen LogP contribution in [0.2, 0.25) is 0 Å². The number of amides is 1. The van der Waals surface area contributed by atoms with Crippen molar-refractivity contribution in [1.82, 2.24) is 4.98 Å². The Morgan fingerprint density at radius 2 is 1.81 bits per heavy atom. The minimum absolute atomic E-state index is 0.0360. The minimum Gasteiger partial charge on any atom is -0.475 e. The van der Waals surface area contributed by atoms with E-state index in [2.05, 4.69) is 4.98 Å². The molecule has 0 atom stereocenters. The fraction of sp³-hybridized carbons (Fsp3) is 0.0455. The first kappa shape index (κ1) is 20.1. The van der Waals surface area contributed by atoms with Crippen molar-refractivity contribution < 1.29 is 32.3 Å². The Balaban J connectivity index is 1.84. The lowest BCUT2D eigenvalue weighted by Gasteiger charge is -2.17. The number of carbonyl (C=O) groups is 2. The van der Waals surface area contributed by atoms with Crippen LogP contribution in [0.25, 0.3) is 22.2 Å². The van der Waals surface area contributed by atoms with Gasteiger partial charge in [0.1, 0.15) is 0 Å². The van der Waals surface area contributed by atoms with Gasteiger partial charge in [-0.25, -0.2) is 9.78 Å². The number of para-hydroxylation sites is 1. The molecule has 4 rings (SSSR count). The molecule has 2 heterocycles. The Morgan fingerprint density at radius 1 is 1.03 bits per heavy atom. The second-order valence-electron chi connectivity index (χ2n) is 6.54. The first-order valence-corrected chi connectivity index (χ1v) is 8.93. The van der Waals surface area contributed by atoms with Gasteiger partial charge >= 0.3 is 12.1 Å². The Kier molecular flexibility index (Phi) is 4.94. The number of aromatic nitrogens is 1. The molecule has 0 bridgehead atoms. The van der Waals surface area contributed by atoms with Gasteiger partial charge in [-0.3, -0.25) is 9.69 Å². The van der Waals surface area contributed by atoms with Crippen LogP contribution in [-0.4, -0.2) is 22.5 Å². The summed E-state index contributed by atoms with van der Waals surface area (Å²) in [7, 11) is 0. The highest BCUT2D eigenvalue weighted by Crippen LogP contribution is 2.35. The van der Waals surface area contributed by atoms with E-state index in [1.54, 1.807) is 30.3 Å². The van der Waals surface area contributed by atoms with Crippen LogP contribution in [0.15, 0.2) is 71.1 Å². The van der Waals surface area contributed by atoms with Gasteiger partial charge in [0.15, 0.2) is 0 Å². The van der Waals surface area contributed by atoms with E-state index < -0.39 is 17.7 Å². The number of hydrogen-bond donors (Lipinski definition) is 1. The van der Waals surface area contributed by atoms with Crippen molar-refractivity contribution in [2.75, 3.05) is 4.90 Å². The molecule has 0 unspecified atom stereocenters. The molecule has 156 valence electrons. The van der Waals surface area contributed by atoms with Crippen molar-refractivity contribution in [1.29, 1.82) is 0 Å². The lowest BCUT2D eigenvalue weighted by atomic mass is 10.1. The van der Waals surface area contributed by atoms with Crippen molar-refractivity contribution in [2.24, 2.45) is 0 Å². The molecule has 0 aliphatic rings. The van der Waals surface area contributed by atoms with Gasteiger partial charge in [0.25, 0.3) is 0 Å². The summed E-state index contributed by atoms with van der Waals surface area (Å²) >= 11 is 0. The SMILES string of the molecule is O=CN(c1ccc(C(=O)O)o1)c1cccc2ccc(-c3cccc(C(F)(F)F)c3)nc12. The second-order valence-corrected chi connectivity index (χ2v) is 6.54. The number of carboxylic acids is 1. The molecule has 1 N–H and O–H groups in total. The number of fused-ring (bicyclic) bond motifs is 1. The lowest BCUT2D eigenvalue weighted by Crippen LogP contribution is -2.14. The van der Waals surface area contributed by atoms with Gasteiger partial charge in [-0.15, -0.1) is 0 Å². The molecule has 31 heavy (non-hydrogen) atoms. The summed E-state index contributed by atoms with van der Waals surface area (Å²) in [5.74, 6) is -1.68. The van der Waals surface area contributed by atoms with Gasteiger partial charge in [-0.05, 0) is 30.3 Å². The van der Waals surface area contributed by atoms with Gasteiger partial charge < -0.3 is 9.52 Å². The van der Waals surface area contributed by atoms with Gasteiger partial charge in [0.05, 0.1) is 22.5 Å². The van der Waals surface area contributed by atoms with Gasteiger partial charge in [-0.2, -0.15) is 13.2 Å². The van der Waals surface area contributed by atoms with Crippen LogP contribution in [0.4, 0.5) is 24.7 Å². The normalized spacial score (nSPS) is 11.5. The van der Waals surface area contributed by atoms with E-state index in [9.17, 15) is 22.8 Å². The fourth-order valence-electron chi connectivity index (χ4n) is 3.14. The molecule has 0 saturated heterocycles. The van der Waals surface area contributed by atoms with E-state index in [1.165, 1.54) is 24.3 Å². The molecule has 2 aromatic carbocycles. The highest BCUT2D eigenvalue weighted by atomic mass is 19.4. The van der Waals surface area contributed by atoms with E-state index in [-0.39, 0.29) is 28.6 Å². The Bertz CT molecular complexity index is 1300. The molecule has 0 spiro atoms. The smallest absolute Gasteiger partial charge is 0.416 e. The van der Waals surface area contributed by atoms with Crippen molar-refractivity contribution in [3.05, 3.63) is 78.1 Å². The molecule has 0 radical (unpaired) electrons. The van der Waals surface area contributed by atoms with Gasteiger partial charge in [-0.1, -0.05) is 30.3 Å². The molecule has 0 fully saturated rings. The summed E-state index contributed by atoms with van der Waals surface area (Å²) in [6.07, 6.45) is -4.05. The minimum atomic E-state index is -4.49. The van der Waals surface area contributed by atoms with E-state index in [0.717, 1.165) is 17.0 Å². The average Bonchev–Trinajstić information content (AvgIpc) is 3.24. The van der Waals surface area contributed by atoms with Crippen molar-refractivity contribution >= 4 is 34.9 Å². The van der Waals surface area contributed by atoms with Crippen LogP contribution in [0.1, 0.15) is 16.1 Å². The zero-order chi connectivity index (χ0) is 22.2. The van der Waals surface area contributed by atoms with Gasteiger partial charge in [0.2, 0.25) is 18.1 Å². The quantitative estimate of drug-likeness (QED) is 0.426. The van der Waals surface area contributed by atoms with Crippen molar-refractivity contribution in [3.8, 4) is 11.3 Å². The molecular weight excluding hydrogens is 413 g/mol. The predicted molar refractivity (Wildman–Crippen MR) is 106 cm³/mol. The Hall–Kier alpha value is -4.14. The van der Waals surface area contributed by atoms with Crippen LogP contribution >= 0.6 is 0 Å². The number of rotatable bonds is 5. The monoisotopic (exact) mass is 426 g/mol. The number of halogens is 3. The van der Waals surface area contributed by atoms with Crippen LogP contribution in [0, 0.1) is 0 Å². The molecule has 0 aliphatic heterocycles. The van der Waals surface area contributed by atoms with E-state index >= 15 is 0 Å². The highest BCUT2D eigenvalue weighted by Gasteiger charge is 2.30. The number of carbonyl (C=O) groups excluding carboxylic acids is 1. The third kappa shape index (κ3) is 3.85. The first-order chi connectivity index (χ1) is 14.8. The summed E-state index contributed by atoms with van der Waals surface area (Å²) in [6, 6.07) is 15.5. The topological polar surface area (TPSA) is 83.6 Å². The summed E-state index contributed by atoms with van der Waals surface area (Å²) in [5.41, 5.74) is 0.356. The summed E-state index contributed by atoms with van der Waals surface area (Å²) in [4.78, 5) is 28.4. The maximum absolute atomic E-state index is 13.1. The Labute approximate surface area is 173 Å². The van der Waals surface area contributed by atoms with Crippen LogP contribution in [0.3, 0.4) is 0 Å². The number of hydrogen-bond acceptors (Lipinski definition) is 4. The van der Waals surface area contributed by atoms with Crippen molar-refractivity contribution in [3.63, 3.8) is 0 Å². The molecular formula is C22H13F3N2O4. The second kappa shape index (κ2) is 7.60. The molecule has 4 aromatic rings. The largest absolute Gasteiger partial charge is 0.475 e. The molecule has 2 aromatic heterocycles. The number of carboxylic acid groups (broad SMARTS) is 1. The Morgan fingerprint density at radius 3 is 2.48 bits per heavy atom. The number of pyridine rings is 1. The van der Waals surface area contributed by atoms with Crippen molar-refractivity contribution in [2.45, 2.75) is 6.18 Å². The van der Waals surface area contributed by atoms with E-state index in [4.69, 9.17) is 9.52 Å². The molecule has 0 aliphatic carbocycles. The third-order valence-electron chi connectivity index (χ3n) is 4.59. The number of anilines is 2. The number of nitrogens with zero attached hydrogens (tertiary/aromatic N) is 2. The summed E-state index contributed by atoms with van der Waals surface area (Å²) in [6.45, 7) is 0. The predicted octanol–water partition coefficient (Wildman–Crippen LogP) is 5.51. The first-order valence-electron chi connectivity index (χ1n) is 8.93. The number of alkyl halides is 3. The zero-order valence-electron chi connectivity index (χ0n) is 15.6. The maximum atomic E-state index is 13.1. The maximum Gasteiger partial charge on any atom is 0.416 e. The van der Waals surface area contributed by atoms with Crippen LogP contribution in [-0.2, 0) is 11.0 Å². The highest BCUT2D eigenvalue weighted by molar-refractivity contribution is 6.00. The molecule has 6 nitrogen and oxygen atoms in total. The number of benzene rings is 2. The van der Waals surface area contributed by atoms with Gasteiger partial charge in [0, 0.05) is 17.0 Å². The zero-order valence-corrected chi connectivity index (χ0v) is 15.6. The summed E-state index contributed by atoms with van der Waals surface area (Å²) < 4.78 is 44.5. The molecule has 0 saturated carbocycles. The standard InChI is InChI=1S/C22H13F3N2O4/c23-22(24,25)15-5-1-4-14(11-15)16-8-7-13-3-2-6-17(20(13)26-16)27(12-28)19-10-9-18(31-19)21(29)30/h1-12H,(H,29,30). The lowest BCUT2D eigenvalue weighted by molar-refractivity contribution is -0.137. The molecule has 9 heteroatoms. The third-order valence-corrected chi connectivity index (χ3v) is 4.59.